The molecule has 0 radical (unpaired) electrons. The Bertz CT molecular complexity index is 426. The summed E-state index contributed by atoms with van der Waals surface area (Å²) >= 11 is 0. The highest BCUT2D eigenvalue weighted by atomic mass is 19.3. The predicted octanol–water partition coefficient (Wildman–Crippen LogP) is 4.23. The van der Waals surface area contributed by atoms with E-state index in [-0.39, 0.29) is 11.2 Å². The molecule has 1 heterocycles. The molecule has 0 aliphatic carbocycles. The van der Waals surface area contributed by atoms with Gasteiger partial charge in [-0.3, -0.25) is 0 Å². The Balaban J connectivity index is 2.19. The van der Waals surface area contributed by atoms with Crippen LogP contribution in [0.4, 0.5) is 14.5 Å². The van der Waals surface area contributed by atoms with E-state index in [2.05, 4.69) is 30.8 Å². The molecule has 0 spiro atoms. The van der Waals surface area contributed by atoms with Crippen LogP contribution in [0.15, 0.2) is 18.2 Å². The van der Waals surface area contributed by atoms with Crippen LogP contribution in [0.25, 0.3) is 0 Å². The number of fused-ring (bicyclic) bond motifs is 1. The zero-order valence-electron chi connectivity index (χ0n) is 11.0. The van der Waals surface area contributed by atoms with Gasteiger partial charge in [0.05, 0.1) is 0 Å². The number of alkyl halides is 2. The van der Waals surface area contributed by atoms with Crippen molar-refractivity contribution in [1.82, 2.24) is 0 Å². The molecule has 1 aliphatic rings. The largest absolute Gasteiger partial charge is 0.435 e. The maximum atomic E-state index is 12.2. The average Bonchev–Trinajstić information content (AvgIpc) is 2.58. The molecular formula is C14H19F2NO. The van der Waals surface area contributed by atoms with Gasteiger partial charge in [-0.05, 0) is 35.6 Å². The molecule has 1 atom stereocenters. The third kappa shape index (κ3) is 3.12. The summed E-state index contributed by atoms with van der Waals surface area (Å²) in [4.78, 5) is 0. The van der Waals surface area contributed by atoms with Gasteiger partial charge in [-0.2, -0.15) is 8.78 Å². The molecule has 100 valence electrons. The minimum Gasteiger partial charge on any atom is -0.435 e. The first-order chi connectivity index (χ1) is 8.35. The molecule has 1 aromatic rings. The number of halogens is 2. The highest BCUT2D eigenvalue weighted by molar-refractivity contribution is 5.60. The first kappa shape index (κ1) is 13.1. The molecule has 0 saturated heterocycles. The van der Waals surface area contributed by atoms with Crippen molar-refractivity contribution < 1.29 is 13.5 Å². The fourth-order valence-corrected chi connectivity index (χ4v) is 2.48. The van der Waals surface area contributed by atoms with Crippen molar-refractivity contribution in [3.8, 4) is 5.75 Å². The maximum absolute atomic E-state index is 12.2. The molecule has 1 unspecified atom stereocenters. The Labute approximate surface area is 106 Å². The van der Waals surface area contributed by atoms with E-state index in [1.54, 1.807) is 12.1 Å². The first-order valence-electron chi connectivity index (χ1n) is 6.18. The maximum Gasteiger partial charge on any atom is 0.387 e. The summed E-state index contributed by atoms with van der Waals surface area (Å²) in [5.74, 6) is 0.604. The summed E-state index contributed by atoms with van der Waals surface area (Å²) in [6.07, 6.45) is 1.02. The molecule has 2 nitrogen and oxygen atoms in total. The van der Waals surface area contributed by atoms with Crippen LogP contribution in [-0.4, -0.2) is 13.2 Å². The van der Waals surface area contributed by atoms with Crippen LogP contribution in [-0.2, 0) is 0 Å². The lowest BCUT2D eigenvalue weighted by atomic mass is 9.82. The van der Waals surface area contributed by atoms with Crippen molar-refractivity contribution in [2.24, 2.45) is 5.41 Å². The van der Waals surface area contributed by atoms with Crippen LogP contribution in [0.2, 0.25) is 0 Å². The molecule has 2 rings (SSSR count). The number of rotatable bonds is 3. The van der Waals surface area contributed by atoms with Crippen molar-refractivity contribution >= 4 is 5.69 Å². The number of anilines is 1. The van der Waals surface area contributed by atoms with Crippen molar-refractivity contribution in [3.05, 3.63) is 23.8 Å². The molecule has 0 fully saturated rings. The van der Waals surface area contributed by atoms with Gasteiger partial charge < -0.3 is 10.1 Å². The van der Waals surface area contributed by atoms with E-state index in [1.165, 1.54) is 0 Å². The second-order valence-corrected chi connectivity index (χ2v) is 5.97. The number of nitrogens with one attached hydrogen (secondary N) is 1. The predicted molar refractivity (Wildman–Crippen MR) is 68.4 cm³/mol. The van der Waals surface area contributed by atoms with Gasteiger partial charge in [0.2, 0.25) is 0 Å². The minimum absolute atomic E-state index is 0.216. The Kier molecular flexibility index (Phi) is 3.46. The van der Waals surface area contributed by atoms with Crippen molar-refractivity contribution in [1.29, 1.82) is 0 Å². The topological polar surface area (TPSA) is 21.3 Å². The molecule has 0 saturated carbocycles. The zero-order chi connectivity index (χ0) is 13.3. The molecule has 1 N–H and O–H groups in total. The fourth-order valence-electron chi connectivity index (χ4n) is 2.48. The van der Waals surface area contributed by atoms with Crippen LogP contribution in [0.1, 0.15) is 38.7 Å². The normalized spacial score (nSPS) is 18.7. The van der Waals surface area contributed by atoms with Gasteiger partial charge in [0.25, 0.3) is 0 Å². The van der Waals surface area contributed by atoms with E-state index in [4.69, 9.17) is 0 Å². The van der Waals surface area contributed by atoms with Gasteiger partial charge in [0, 0.05) is 18.2 Å². The molecule has 4 heteroatoms. The van der Waals surface area contributed by atoms with E-state index in [1.807, 2.05) is 6.07 Å². The van der Waals surface area contributed by atoms with Crippen molar-refractivity contribution in [2.45, 2.75) is 39.7 Å². The van der Waals surface area contributed by atoms with Crippen LogP contribution >= 0.6 is 0 Å². The van der Waals surface area contributed by atoms with E-state index in [9.17, 15) is 8.78 Å². The van der Waals surface area contributed by atoms with Crippen LogP contribution < -0.4 is 10.1 Å². The summed E-state index contributed by atoms with van der Waals surface area (Å²) in [6.45, 7) is 4.66. The minimum atomic E-state index is -2.77. The Hall–Kier alpha value is -1.32. The molecule has 0 aromatic heterocycles. The lowest BCUT2D eigenvalue weighted by molar-refractivity contribution is -0.0498. The van der Waals surface area contributed by atoms with Crippen molar-refractivity contribution in [2.75, 3.05) is 11.9 Å². The Morgan fingerprint density at radius 3 is 2.72 bits per heavy atom. The van der Waals surface area contributed by atoms with Gasteiger partial charge in [0.15, 0.2) is 0 Å². The van der Waals surface area contributed by atoms with Crippen LogP contribution in [0.3, 0.4) is 0 Å². The summed E-state index contributed by atoms with van der Waals surface area (Å²) in [6, 6.07) is 5.13. The smallest absolute Gasteiger partial charge is 0.387 e. The molecular weight excluding hydrogens is 236 g/mol. The number of hydrogen-bond donors (Lipinski definition) is 1. The lowest BCUT2D eigenvalue weighted by Gasteiger charge is -2.23. The lowest BCUT2D eigenvalue weighted by Crippen LogP contribution is -2.13. The number of benzene rings is 1. The molecule has 1 aromatic carbocycles. The second-order valence-electron chi connectivity index (χ2n) is 5.97. The summed E-state index contributed by atoms with van der Waals surface area (Å²) in [5, 5.41) is 3.31. The quantitative estimate of drug-likeness (QED) is 0.872. The third-order valence-corrected chi connectivity index (χ3v) is 3.09. The molecule has 1 aliphatic heterocycles. The van der Waals surface area contributed by atoms with Crippen LogP contribution in [0.5, 0.6) is 5.75 Å². The van der Waals surface area contributed by atoms with Gasteiger partial charge in [-0.15, -0.1) is 0 Å². The van der Waals surface area contributed by atoms with E-state index >= 15 is 0 Å². The fraction of sp³-hybridized carbons (Fsp3) is 0.571. The zero-order valence-corrected chi connectivity index (χ0v) is 11.0. The highest BCUT2D eigenvalue weighted by Crippen LogP contribution is 2.40. The van der Waals surface area contributed by atoms with Crippen LogP contribution in [0, 0.1) is 5.41 Å². The van der Waals surface area contributed by atoms with Gasteiger partial charge in [-0.25, -0.2) is 0 Å². The Morgan fingerprint density at radius 1 is 1.39 bits per heavy atom. The summed E-state index contributed by atoms with van der Waals surface area (Å²) < 4.78 is 28.9. The highest BCUT2D eigenvalue weighted by Gasteiger charge is 2.27. The second kappa shape index (κ2) is 4.75. The molecule has 18 heavy (non-hydrogen) atoms. The summed E-state index contributed by atoms with van der Waals surface area (Å²) in [5.41, 5.74) is 2.34. The van der Waals surface area contributed by atoms with E-state index < -0.39 is 6.61 Å². The Morgan fingerprint density at radius 2 is 2.11 bits per heavy atom. The van der Waals surface area contributed by atoms with Gasteiger partial charge in [-0.1, -0.05) is 20.8 Å². The van der Waals surface area contributed by atoms with Crippen molar-refractivity contribution in [3.63, 3.8) is 0 Å². The SMILES string of the molecule is CC(C)(C)CC1CNc2ccc(OC(F)F)cc21. The molecule has 0 bridgehead atoms. The summed E-state index contributed by atoms with van der Waals surface area (Å²) in [7, 11) is 0. The standard InChI is InChI=1S/C14H19F2NO/c1-14(2,3)7-9-8-17-12-5-4-10(6-11(9)12)18-13(15)16/h4-6,9,13,17H,7-8H2,1-3H3. The average molecular weight is 255 g/mol. The number of ether oxygens (including phenoxy) is 1. The van der Waals surface area contributed by atoms with E-state index in [0.717, 1.165) is 24.2 Å². The van der Waals surface area contributed by atoms with E-state index in [0.29, 0.717) is 5.92 Å². The molecule has 0 amide bonds. The first-order valence-corrected chi connectivity index (χ1v) is 6.18. The van der Waals surface area contributed by atoms with Gasteiger partial charge in [0.1, 0.15) is 5.75 Å². The third-order valence-electron chi connectivity index (χ3n) is 3.09. The monoisotopic (exact) mass is 255 g/mol. The van der Waals surface area contributed by atoms with Gasteiger partial charge >= 0.3 is 6.61 Å². The number of hydrogen-bond acceptors (Lipinski definition) is 2.